The number of hydrogen-bond donors (Lipinski definition) is 0. The van der Waals surface area contributed by atoms with Crippen LogP contribution in [0.15, 0.2) is 32.5 Å². The van der Waals surface area contributed by atoms with Crippen LogP contribution >= 0.6 is 22.7 Å². The quantitative estimate of drug-likeness (QED) is 0.124. The topological polar surface area (TPSA) is 68.7 Å². The molecule has 0 aliphatic rings. The molecule has 0 unspecified atom stereocenters. The second-order valence-electron chi connectivity index (χ2n) is 13.0. The molecule has 2 aromatic carbocycles. The molecule has 236 valence electrons. The van der Waals surface area contributed by atoms with Gasteiger partial charge in [0.05, 0.1) is 21.8 Å². The van der Waals surface area contributed by atoms with E-state index in [4.69, 9.17) is 9.97 Å². The molecule has 0 aliphatic carbocycles. The zero-order chi connectivity index (χ0) is 31.7. The smallest absolute Gasteiger partial charge is 0.265 e. The molecule has 8 heteroatoms. The predicted octanol–water partition coefficient (Wildman–Crippen LogP) is 9.84. The van der Waals surface area contributed by atoms with E-state index in [9.17, 15) is 0 Å². The SMILES string of the molecule is CCCCc1c(CCCC)c2c3c(c(CCCC)c(CCCC)c4c3c1c(=O)n1c3ccsc3nc41)c(=O)n1c3ccsc3nc21. The van der Waals surface area contributed by atoms with Crippen molar-refractivity contribution in [1.29, 1.82) is 0 Å². The average Bonchev–Trinajstić information content (AvgIpc) is 3.84. The van der Waals surface area contributed by atoms with Crippen LogP contribution in [0.3, 0.4) is 0 Å². The monoisotopic (exact) mass is 648 g/mol. The summed E-state index contributed by atoms with van der Waals surface area (Å²) in [5.41, 5.74) is 8.07. The van der Waals surface area contributed by atoms with Crippen molar-refractivity contribution < 1.29 is 0 Å². The second-order valence-corrected chi connectivity index (χ2v) is 14.7. The highest BCUT2D eigenvalue weighted by Crippen LogP contribution is 2.46. The lowest BCUT2D eigenvalue weighted by atomic mass is 9.80. The van der Waals surface area contributed by atoms with Crippen molar-refractivity contribution in [3.8, 4) is 0 Å². The molecule has 6 heterocycles. The Morgan fingerprint density at radius 1 is 0.522 bits per heavy atom. The number of imidazole rings is 2. The van der Waals surface area contributed by atoms with Gasteiger partial charge in [-0.1, -0.05) is 53.4 Å². The maximum atomic E-state index is 15.0. The maximum absolute atomic E-state index is 15.0. The molecule has 6 aromatic heterocycles. The van der Waals surface area contributed by atoms with E-state index in [1.54, 1.807) is 22.7 Å². The summed E-state index contributed by atoms with van der Waals surface area (Å²) in [6.07, 6.45) is 11.6. The third-order valence-corrected chi connectivity index (χ3v) is 11.7. The number of rotatable bonds is 12. The molecule has 6 nitrogen and oxygen atoms in total. The molecular formula is C38H40N4O2S2. The Morgan fingerprint density at radius 3 is 1.22 bits per heavy atom. The third kappa shape index (κ3) is 4.05. The van der Waals surface area contributed by atoms with Crippen molar-refractivity contribution in [2.45, 2.75) is 105 Å². The minimum absolute atomic E-state index is 0.00912. The summed E-state index contributed by atoms with van der Waals surface area (Å²) in [6, 6.07) is 4.09. The van der Waals surface area contributed by atoms with Gasteiger partial charge in [-0.25, -0.2) is 9.97 Å². The van der Waals surface area contributed by atoms with Crippen molar-refractivity contribution in [1.82, 2.24) is 18.8 Å². The Labute approximate surface area is 275 Å². The molecule has 0 bridgehead atoms. The molecule has 0 atom stereocenters. The van der Waals surface area contributed by atoms with E-state index in [2.05, 4.69) is 27.7 Å². The summed E-state index contributed by atoms with van der Waals surface area (Å²) in [4.78, 5) is 42.2. The molecular weight excluding hydrogens is 609 g/mol. The van der Waals surface area contributed by atoms with Crippen LogP contribution in [0.4, 0.5) is 0 Å². The van der Waals surface area contributed by atoms with E-state index in [0.29, 0.717) is 0 Å². The molecule has 0 fully saturated rings. The van der Waals surface area contributed by atoms with E-state index in [-0.39, 0.29) is 11.1 Å². The van der Waals surface area contributed by atoms with Gasteiger partial charge in [0.1, 0.15) is 21.0 Å². The summed E-state index contributed by atoms with van der Waals surface area (Å²) in [5.74, 6) is 0. The summed E-state index contributed by atoms with van der Waals surface area (Å²) in [7, 11) is 0. The Hall–Kier alpha value is -3.62. The number of aromatic nitrogens is 4. The highest BCUT2D eigenvalue weighted by Gasteiger charge is 2.31. The fourth-order valence-electron chi connectivity index (χ4n) is 8.03. The van der Waals surface area contributed by atoms with Crippen LogP contribution in [-0.4, -0.2) is 18.8 Å². The van der Waals surface area contributed by atoms with E-state index >= 15 is 9.59 Å². The van der Waals surface area contributed by atoms with Crippen LogP contribution < -0.4 is 11.1 Å². The Balaban J connectivity index is 1.76. The van der Waals surface area contributed by atoms with Gasteiger partial charge >= 0.3 is 0 Å². The predicted molar refractivity (Wildman–Crippen MR) is 197 cm³/mol. The summed E-state index contributed by atoms with van der Waals surface area (Å²) < 4.78 is 3.82. The van der Waals surface area contributed by atoms with Crippen LogP contribution in [-0.2, 0) is 25.7 Å². The fraction of sp³-hybridized carbons (Fsp3) is 0.421. The lowest BCUT2D eigenvalue weighted by molar-refractivity contribution is 0.763. The normalized spacial score (nSPS) is 12.7. The van der Waals surface area contributed by atoms with Gasteiger partial charge in [0.25, 0.3) is 11.1 Å². The minimum atomic E-state index is 0.00912. The molecule has 0 amide bonds. The summed E-state index contributed by atoms with van der Waals surface area (Å²) in [5, 5.41) is 9.79. The van der Waals surface area contributed by atoms with Crippen molar-refractivity contribution in [2.24, 2.45) is 0 Å². The number of thiophene rings is 2. The van der Waals surface area contributed by atoms with Crippen LogP contribution in [0.25, 0.3) is 64.3 Å². The first-order valence-electron chi connectivity index (χ1n) is 17.3. The summed E-state index contributed by atoms with van der Waals surface area (Å²) in [6.45, 7) is 8.90. The van der Waals surface area contributed by atoms with Gasteiger partial charge in [-0.15, -0.1) is 22.7 Å². The van der Waals surface area contributed by atoms with Crippen molar-refractivity contribution in [2.75, 3.05) is 0 Å². The van der Waals surface area contributed by atoms with Gasteiger partial charge in [0.2, 0.25) is 0 Å². The van der Waals surface area contributed by atoms with Gasteiger partial charge in [0, 0.05) is 21.5 Å². The van der Waals surface area contributed by atoms with Crippen LogP contribution in [0.1, 0.15) is 101 Å². The first kappa shape index (κ1) is 29.8. The van der Waals surface area contributed by atoms with E-state index in [1.165, 1.54) is 11.1 Å². The molecule has 46 heavy (non-hydrogen) atoms. The zero-order valence-electron chi connectivity index (χ0n) is 27.2. The largest absolute Gasteiger partial charge is 0.268 e. The van der Waals surface area contributed by atoms with Crippen molar-refractivity contribution in [3.05, 3.63) is 65.9 Å². The fourth-order valence-corrected chi connectivity index (χ4v) is 9.52. The highest BCUT2D eigenvalue weighted by molar-refractivity contribution is 7.17. The summed E-state index contributed by atoms with van der Waals surface area (Å²) >= 11 is 3.18. The number of aryl methyl sites for hydroxylation is 4. The highest BCUT2D eigenvalue weighted by atomic mass is 32.1. The van der Waals surface area contributed by atoms with E-state index in [1.807, 2.05) is 31.7 Å². The minimum Gasteiger partial charge on any atom is -0.268 e. The molecule has 0 saturated heterocycles. The maximum Gasteiger partial charge on any atom is 0.265 e. The molecule has 0 radical (unpaired) electrons. The second kappa shape index (κ2) is 11.6. The number of unbranched alkanes of at least 4 members (excludes halogenated alkanes) is 4. The van der Waals surface area contributed by atoms with Crippen LogP contribution in [0, 0.1) is 0 Å². The Morgan fingerprint density at radius 2 is 0.870 bits per heavy atom. The Bertz CT molecular complexity index is 2360. The van der Waals surface area contributed by atoms with E-state index in [0.717, 1.165) is 152 Å². The van der Waals surface area contributed by atoms with Gasteiger partial charge < -0.3 is 0 Å². The van der Waals surface area contributed by atoms with Crippen LogP contribution in [0.2, 0.25) is 0 Å². The molecule has 0 aliphatic heterocycles. The first-order chi connectivity index (χ1) is 22.5. The number of fused-ring (bicyclic) bond motifs is 8. The molecule has 0 spiro atoms. The van der Waals surface area contributed by atoms with E-state index < -0.39 is 0 Å². The zero-order valence-corrected chi connectivity index (χ0v) is 28.8. The number of benzene rings is 2. The number of hydrogen-bond acceptors (Lipinski definition) is 6. The lowest BCUT2D eigenvalue weighted by Gasteiger charge is -2.24. The van der Waals surface area contributed by atoms with Gasteiger partial charge in [-0.2, -0.15) is 0 Å². The number of nitrogens with zero attached hydrogens (tertiary/aromatic N) is 4. The Kier molecular flexibility index (Phi) is 7.48. The molecule has 8 rings (SSSR count). The number of pyridine rings is 2. The van der Waals surface area contributed by atoms with Gasteiger partial charge in [-0.3, -0.25) is 18.4 Å². The third-order valence-electron chi connectivity index (χ3n) is 10.2. The first-order valence-corrected chi connectivity index (χ1v) is 19.0. The van der Waals surface area contributed by atoms with Gasteiger partial charge in [-0.05, 0) is 96.5 Å². The average molecular weight is 649 g/mol. The van der Waals surface area contributed by atoms with Crippen molar-refractivity contribution in [3.63, 3.8) is 0 Å². The molecule has 8 aromatic rings. The van der Waals surface area contributed by atoms with Gasteiger partial charge in [0.15, 0.2) is 0 Å². The molecule has 0 N–H and O–H groups in total. The molecule has 0 saturated carbocycles. The lowest BCUT2D eigenvalue weighted by Crippen LogP contribution is -2.22. The van der Waals surface area contributed by atoms with Crippen molar-refractivity contribution >= 4 is 87.0 Å². The standard InChI is InChI=1S/C38H40N4O2S2/c1-5-9-13-21-23(15-11-7-3)29-32-28(34-40-36-26(18-20-46-36)42(34)37(29)43)22(14-10-6-2)24(16-12-8-4)30-31(32)27(21)33-39-35-25(17-19-45-35)41(33)38(30)44/h17-20H,5-16H2,1-4H3. The van der Waals surface area contributed by atoms with Crippen LogP contribution in [0.5, 0.6) is 0 Å².